The van der Waals surface area contributed by atoms with Gasteiger partial charge in [0.25, 0.3) is 0 Å². The molecule has 0 aliphatic carbocycles. The van der Waals surface area contributed by atoms with Crippen LogP contribution in [0, 0.1) is 0 Å². The molecule has 0 saturated carbocycles. The van der Waals surface area contributed by atoms with Crippen LogP contribution in [-0.2, 0) is 16.8 Å². The standard InChI is InChI=1S/C25H29N3O4/c1-25(2,3)18-8-6-16(7-9-18)15-28-21(10-11-22(28)29)24-26-23(27-32-24)17-12-19(30-4)14-20(13-17)31-5/h6-9,12-14,21H,10-11,15H2,1-5H3. The summed E-state index contributed by atoms with van der Waals surface area (Å²) in [6, 6.07) is 13.6. The fourth-order valence-corrected chi connectivity index (χ4v) is 3.92. The first kappa shape index (κ1) is 21.9. The Labute approximate surface area is 188 Å². The molecule has 1 saturated heterocycles. The molecule has 7 nitrogen and oxygen atoms in total. The molecule has 0 radical (unpaired) electrons. The molecule has 1 unspecified atom stereocenters. The molecule has 32 heavy (non-hydrogen) atoms. The molecule has 7 heteroatoms. The van der Waals surface area contributed by atoms with Crippen LogP contribution in [-0.4, -0.2) is 35.2 Å². The van der Waals surface area contributed by atoms with Crippen molar-refractivity contribution in [1.82, 2.24) is 15.0 Å². The number of aromatic nitrogens is 2. The third-order valence-electron chi connectivity index (χ3n) is 5.84. The monoisotopic (exact) mass is 435 g/mol. The number of ether oxygens (including phenoxy) is 2. The Balaban J connectivity index is 1.56. The Bertz CT molecular complexity index is 1080. The molecule has 1 aliphatic rings. The van der Waals surface area contributed by atoms with E-state index in [1.807, 2.05) is 17.0 Å². The number of likely N-dealkylation sites (tertiary alicyclic amines) is 1. The van der Waals surface area contributed by atoms with Crippen molar-refractivity contribution in [1.29, 1.82) is 0 Å². The van der Waals surface area contributed by atoms with Gasteiger partial charge in [0.15, 0.2) is 0 Å². The molecule has 1 aromatic heterocycles. The summed E-state index contributed by atoms with van der Waals surface area (Å²) in [7, 11) is 3.19. The van der Waals surface area contributed by atoms with E-state index < -0.39 is 0 Å². The van der Waals surface area contributed by atoms with E-state index in [1.165, 1.54) is 5.56 Å². The maximum absolute atomic E-state index is 12.6. The van der Waals surface area contributed by atoms with Crippen LogP contribution in [0.3, 0.4) is 0 Å². The van der Waals surface area contributed by atoms with E-state index in [0.29, 0.717) is 42.6 Å². The van der Waals surface area contributed by atoms with E-state index in [-0.39, 0.29) is 17.4 Å². The molecule has 3 aromatic rings. The third-order valence-corrected chi connectivity index (χ3v) is 5.84. The van der Waals surface area contributed by atoms with Gasteiger partial charge < -0.3 is 18.9 Å². The second-order valence-corrected chi connectivity index (χ2v) is 9.08. The number of nitrogens with zero attached hydrogens (tertiary/aromatic N) is 3. The second-order valence-electron chi connectivity index (χ2n) is 9.08. The Morgan fingerprint density at radius 3 is 2.31 bits per heavy atom. The van der Waals surface area contributed by atoms with Gasteiger partial charge in [0.2, 0.25) is 17.6 Å². The first-order chi connectivity index (χ1) is 15.3. The first-order valence-corrected chi connectivity index (χ1v) is 10.7. The molecule has 1 atom stereocenters. The average Bonchev–Trinajstić information content (AvgIpc) is 3.40. The Morgan fingerprint density at radius 2 is 1.72 bits per heavy atom. The van der Waals surface area contributed by atoms with Crippen molar-refractivity contribution >= 4 is 5.91 Å². The molecule has 0 bridgehead atoms. The molecule has 1 amide bonds. The third kappa shape index (κ3) is 4.47. The number of rotatable bonds is 6. The van der Waals surface area contributed by atoms with Crippen LogP contribution in [0.1, 0.15) is 56.7 Å². The molecular formula is C25H29N3O4. The normalized spacial score (nSPS) is 16.5. The number of hydrogen-bond acceptors (Lipinski definition) is 6. The molecule has 0 spiro atoms. The summed E-state index contributed by atoms with van der Waals surface area (Å²) >= 11 is 0. The SMILES string of the molecule is COc1cc(OC)cc(-c2noc(C3CCC(=O)N3Cc3ccc(C(C)(C)C)cc3)n2)c1. The van der Waals surface area contributed by atoms with Crippen molar-refractivity contribution in [3.8, 4) is 22.9 Å². The maximum Gasteiger partial charge on any atom is 0.249 e. The highest BCUT2D eigenvalue weighted by Crippen LogP contribution is 2.35. The van der Waals surface area contributed by atoms with E-state index in [2.05, 4.69) is 55.2 Å². The van der Waals surface area contributed by atoms with E-state index >= 15 is 0 Å². The van der Waals surface area contributed by atoms with Gasteiger partial charge in [-0.25, -0.2) is 0 Å². The Hall–Kier alpha value is -3.35. The number of benzene rings is 2. The van der Waals surface area contributed by atoms with Crippen molar-refractivity contribution < 1.29 is 18.8 Å². The Morgan fingerprint density at radius 1 is 1.06 bits per heavy atom. The average molecular weight is 436 g/mol. The van der Waals surface area contributed by atoms with Gasteiger partial charge in [0.1, 0.15) is 17.5 Å². The van der Waals surface area contributed by atoms with Gasteiger partial charge in [0.05, 0.1) is 14.2 Å². The highest BCUT2D eigenvalue weighted by Gasteiger charge is 2.36. The van der Waals surface area contributed by atoms with Crippen LogP contribution >= 0.6 is 0 Å². The van der Waals surface area contributed by atoms with Gasteiger partial charge >= 0.3 is 0 Å². The topological polar surface area (TPSA) is 77.7 Å². The zero-order valence-corrected chi connectivity index (χ0v) is 19.2. The van der Waals surface area contributed by atoms with Crippen LogP contribution in [0.25, 0.3) is 11.4 Å². The molecule has 4 rings (SSSR count). The fourth-order valence-electron chi connectivity index (χ4n) is 3.92. The lowest BCUT2D eigenvalue weighted by atomic mass is 9.87. The molecular weight excluding hydrogens is 406 g/mol. The number of amides is 1. The first-order valence-electron chi connectivity index (χ1n) is 10.7. The van der Waals surface area contributed by atoms with Crippen LogP contribution in [0.2, 0.25) is 0 Å². The largest absolute Gasteiger partial charge is 0.497 e. The highest BCUT2D eigenvalue weighted by molar-refractivity contribution is 5.79. The second kappa shape index (κ2) is 8.65. The summed E-state index contributed by atoms with van der Waals surface area (Å²) in [5.41, 5.74) is 3.16. The smallest absolute Gasteiger partial charge is 0.249 e. The number of carbonyl (C=O) groups is 1. The van der Waals surface area contributed by atoms with E-state index in [0.717, 1.165) is 11.1 Å². The van der Waals surface area contributed by atoms with E-state index in [4.69, 9.17) is 14.0 Å². The lowest BCUT2D eigenvalue weighted by Crippen LogP contribution is -2.27. The van der Waals surface area contributed by atoms with Crippen LogP contribution < -0.4 is 9.47 Å². The molecule has 2 aromatic carbocycles. The lowest BCUT2D eigenvalue weighted by Gasteiger charge is -2.23. The number of hydrogen-bond donors (Lipinski definition) is 0. The predicted molar refractivity (Wildman–Crippen MR) is 121 cm³/mol. The summed E-state index contributed by atoms with van der Waals surface area (Å²) in [4.78, 5) is 19.1. The zero-order valence-electron chi connectivity index (χ0n) is 19.2. The minimum Gasteiger partial charge on any atom is -0.497 e. The van der Waals surface area contributed by atoms with Gasteiger partial charge in [0, 0.05) is 24.6 Å². The van der Waals surface area contributed by atoms with E-state index in [9.17, 15) is 4.79 Å². The van der Waals surface area contributed by atoms with Gasteiger partial charge in [-0.3, -0.25) is 4.79 Å². The van der Waals surface area contributed by atoms with Gasteiger partial charge in [-0.15, -0.1) is 0 Å². The summed E-state index contributed by atoms with van der Waals surface area (Å²) < 4.78 is 16.3. The van der Waals surface area contributed by atoms with Crippen LogP contribution in [0.15, 0.2) is 47.0 Å². The summed E-state index contributed by atoms with van der Waals surface area (Å²) in [6.45, 7) is 7.08. The molecule has 0 N–H and O–H groups in total. The number of methoxy groups -OCH3 is 2. The van der Waals surface area contributed by atoms with Gasteiger partial charge in [-0.05, 0) is 35.1 Å². The van der Waals surface area contributed by atoms with Crippen molar-refractivity contribution in [2.75, 3.05) is 14.2 Å². The van der Waals surface area contributed by atoms with Crippen molar-refractivity contribution in [2.45, 2.75) is 51.6 Å². The number of carbonyl (C=O) groups excluding carboxylic acids is 1. The van der Waals surface area contributed by atoms with Gasteiger partial charge in [-0.1, -0.05) is 50.2 Å². The van der Waals surface area contributed by atoms with Crippen molar-refractivity contribution in [3.63, 3.8) is 0 Å². The van der Waals surface area contributed by atoms with Gasteiger partial charge in [-0.2, -0.15) is 4.98 Å². The van der Waals surface area contributed by atoms with E-state index in [1.54, 1.807) is 20.3 Å². The van der Waals surface area contributed by atoms with Crippen LogP contribution in [0.4, 0.5) is 0 Å². The summed E-state index contributed by atoms with van der Waals surface area (Å²) in [6.07, 6.45) is 1.12. The predicted octanol–water partition coefficient (Wildman–Crippen LogP) is 4.92. The molecule has 168 valence electrons. The maximum atomic E-state index is 12.6. The minimum absolute atomic E-state index is 0.0908. The Kier molecular flexibility index (Phi) is 5.91. The highest BCUT2D eigenvalue weighted by atomic mass is 16.5. The van der Waals surface area contributed by atoms with Crippen molar-refractivity contribution in [2.24, 2.45) is 0 Å². The van der Waals surface area contributed by atoms with Crippen molar-refractivity contribution in [3.05, 3.63) is 59.5 Å². The quantitative estimate of drug-likeness (QED) is 0.547. The lowest BCUT2D eigenvalue weighted by molar-refractivity contribution is -0.129. The molecule has 1 fully saturated rings. The fraction of sp³-hybridized carbons (Fsp3) is 0.400. The van der Waals surface area contributed by atoms with Crippen LogP contribution in [0.5, 0.6) is 11.5 Å². The summed E-state index contributed by atoms with van der Waals surface area (Å²) in [5, 5.41) is 4.15. The summed E-state index contributed by atoms with van der Waals surface area (Å²) in [5.74, 6) is 2.26. The molecule has 1 aliphatic heterocycles. The minimum atomic E-state index is -0.237. The molecule has 2 heterocycles. The zero-order chi connectivity index (χ0) is 22.9.